The molecule has 3 heteroatoms. The Hall–Kier alpha value is -2.29. The molecule has 3 rings (SSSR count). The van der Waals surface area contributed by atoms with Gasteiger partial charge in [-0.25, -0.2) is 0 Å². The SMILES string of the molecule is COc1cccc(OC)c1-c1ccc2c(c1)CCC2=O. The van der Waals surface area contributed by atoms with Gasteiger partial charge < -0.3 is 9.47 Å². The Morgan fingerprint density at radius 1 is 0.950 bits per heavy atom. The van der Waals surface area contributed by atoms with Crippen molar-refractivity contribution in [2.24, 2.45) is 0 Å². The normalized spacial score (nSPS) is 13.2. The van der Waals surface area contributed by atoms with Gasteiger partial charge in [-0.1, -0.05) is 24.3 Å². The molecule has 0 saturated heterocycles. The number of aryl methyl sites for hydroxylation is 1. The van der Waals surface area contributed by atoms with Gasteiger partial charge in [-0.05, 0) is 29.7 Å². The van der Waals surface area contributed by atoms with E-state index in [1.165, 1.54) is 0 Å². The number of fused-ring (bicyclic) bond motifs is 1. The molecule has 0 amide bonds. The minimum absolute atomic E-state index is 0.235. The molecule has 0 unspecified atom stereocenters. The van der Waals surface area contributed by atoms with Crippen molar-refractivity contribution in [1.82, 2.24) is 0 Å². The van der Waals surface area contributed by atoms with Crippen LogP contribution in [0.2, 0.25) is 0 Å². The lowest BCUT2D eigenvalue weighted by atomic mass is 9.99. The predicted octanol–water partition coefficient (Wildman–Crippen LogP) is 3.50. The Morgan fingerprint density at radius 2 is 1.65 bits per heavy atom. The fourth-order valence-corrected chi connectivity index (χ4v) is 2.75. The van der Waals surface area contributed by atoms with Gasteiger partial charge in [0.2, 0.25) is 0 Å². The van der Waals surface area contributed by atoms with Crippen LogP contribution in [-0.2, 0) is 6.42 Å². The largest absolute Gasteiger partial charge is 0.496 e. The molecule has 0 aromatic heterocycles. The van der Waals surface area contributed by atoms with Crippen molar-refractivity contribution in [2.45, 2.75) is 12.8 Å². The lowest BCUT2D eigenvalue weighted by Crippen LogP contribution is -1.95. The molecule has 0 saturated carbocycles. The fraction of sp³-hybridized carbons (Fsp3) is 0.235. The number of methoxy groups -OCH3 is 2. The van der Waals surface area contributed by atoms with Crippen LogP contribution in [-0.4, -0.2) is 20.0 Å². The topological polar surface area (TPSA) is 35.5 Å². The molecule has 0 bridgehead atoms. The number of carbonyl (C=O) groups excluding carboxylic acids is 1. The maximum absolute atomic E-state index is 11.7. The van der Waals surface area contributed by atoms with E-state index < -0.39 is 0 Å². The molecule has 1 aliphatic carbocycles. The van der Waals surface area contributed by atoms with Crippen molar-refractivity contribution in [1.29, 1.82) is 0 Å². The summed E-state index contributed by atoms with van der Waals surface area (Å²) >= 11 is 0. The number of hydrogen-bond donors (Lipinski definition) is 0. The van der Waals surface area contributed by atoms with Gasteiger partial charge in [-0.3, -0.25) is 4.79 Å². The highest BCUT2D eigenvalue weighted by molar-refractivity contribution is 6.01. The first-order chi connectivity index (χ1) is 9.74. The molecule has 0 radical (unpaired) electrons. The second-order valence-corrected chi connectivity index (χ2v) is 4.83. The van der Waals surface area contributed by atoms with E-state index in [2.05, 4.69) is 6.07 Å². The summed E-state index contributed by atoms with van der Waals surface area (Å²) in [6.07, 6.45) is 1.43. The highest BCUT2D eigenvalue weighted by atomic mass is 16.5. The summed E-state index contributed by atoms with van der Waals surface area (Å²) in [4.78, 5) is 11.7. The second kappa shape index (κ2) is 5.00. The highest BCUT2D eigenvalue weighted by Crippen LogP contribution is 2.39. The average Bonchev–Trinajstić information content (AvgIpc) is 2.87. The molecule has 3 nitrogen and oxygen atoms in total. The fourth-order valence-electron chi connectivity index (χ4n) is 2.75. The first-order valence-corrected chi connectivity index (χ1v) is 6.62. The van der Waals surface area contributed by atoms with Crippen LogP contribution in [0.5, 0.6) is 11.5 Å². The summed E-state index contributed by atoms with van der Waals surface area (Å²) < 4.78 is 10.9. The van der Waals surface area contributed by atoms with E-state index in [9.17, 15) is 4.79 Å². The predicted molar refractivity (Wildman–Crippen MR) is 77.6 cm³/mol. The lowest BCUT2D eigenvalue weighted by Gasteiger charge is -2.14. The van der Waals surface area contributed by atoms with Crippen LogP contribution in [0.1, 0.15) is 22.3 Å². The number of ether oxygens (including phenoxy) is 2. The number of benzene rings is 2. The van der Waals surface area contributed by atoms with Crippen LogP contribution in [0, 0.1) is 0 Å². The number of hydrogen-bond acceptors (Lipinski definition) is 3. The smallest absolute Gasteiger partial charge is 0.163 e. The first kappa shape index (κ1) is 12.7. The molecule has 0 heterocycles. The minimum Gasteiger partial charge on any atom is -0.496 e. The summed E-state index contributed by atoms with van der Waals surface area (Å²) in [5.74, 6) is 1.78. The second-order valence-electron chi connectivity index (χ2n) is 4.83. The molecular weight excluding hydrogens is 252 g/mol. The van der Waals surface area contributed by atoms with Crippen molar-refractivity contribution in [3.63, 3.8) is 0 Å². The minimum atomic E-state index is 0.235. The monoisotopic (exact) mass is 268 g/mol. The highest BCUT2D eigenvalue weighted by Gasteiger charge is 2.21. The Morgan fingerprint density at radius 3 is 2.30 bits per heavy atom. The number of rotatable bonds is 3. The molecule has 0 atom stereocenters. The van der Waals surface area contributed by atoms with Gasteiger partial charge in [-0.2, -0.15) is 0 Å². The van der Waals surface area contributed by atoms with Crippen LogP contribution in [0.15, 0.2) is 36.4 Å². The number of ketones is 1. The maximum Gasteiger partial charge on any atom is 0.163 e. The van der Waals surface area contributed by atoms with E-state index in [-0.39, 0.29) is 5.78 Å². The van der Waals surface area contributed by atoms with Crippen molar-refractivity contribution in [2.75, 3.05) is 14.2 Å². The average molecular weight is 268 g/mol. The molecule has 2 aromatic rings. The zero-order valence-electron chi connectivity index (χ0n) is 11.6. The molecule has 20 heavy (non-hydrogen) atoms. The van der Waals surface area contributed by atoms with Gasteiger partial charge >= 0.3 is 0 Å². The summed E-state index contributed by atoms with van der Waals surface area (Å²) in [6.45, 7) is 0. The first-order valence-electron chi connectivity index (χ1n) is 6.62. The molecule has 0 N–H and O–H groups in total. The summed E-state index contributed by atoms with van der Waals surface area (Å²) in [5, 5.41) is 0. The van der Waals surface area contributed by atoms with E-state index in [4.69, 9.17) is 9.47 Å². The van der Waals surface area contributed by atoms with Crippen molar-refractivity contribution < 1.29 is 14.3 Å². The van der Waals surface area contributed by atoms with E-state index in [0.29, 0.717) is 6.42 Å². The third kappa shape index (κ3) is 1.95. The van der Waals surface area contributed by atoms with Crippen LogP contribution >= 0.6 is 0 Å². The van der Waals surface area contributed by atoms with Crippen LogP contribution < -0.4 is 9.47 Å². The zero-order valence-corrected chi connectivity index (χ0v) is 11.6. The third-order valence-corrected chi connectivity index (χ3v) is 3.74. The standard InChI is InChI=1S/C17H16O3/c1-19-15-4-3-5-16(20-2)17(15)12-6-8-13-11(10-12)7-9-14(13)18/h3-6,8,10H,7,9H2,1-2H3. The van der Waals surface area contributed by atoms with Crippen molar-refractivity contribution in [3.8, 4) is 22.6 Å². The molecular formula is C17H16O3. The van der Waals surface area contributed by atoms with Crippen molar-refractivity contribution >= 4 is 5.78 Å². The van der Waals surface area contributed by atoms with Crippen LogP contribution in [0.4, 0.5) is 0 Å². The summed E-state index contributed by atoms with van der Waals surface area (Å²) in [7, 11) is 3.30. The Bertz CT molecular complexity index is 652. The Labute approximate surface area is 118 Å². The molecule has 0 aliphatic heterocycles. The van der Waals surface area contributed by atoms with E-state index >= 15 is 0 Å². The van der Waals surface area contributed by atoms with Gasteiger partial charge in [-0.15, -0.1) is 0 Å². The summed E-state index contributed by atoms with van der Waals surface area (Å²) in [6, 6.07) is 11.7. The van der Waals surface area contributed by atoms with Gasteiger partial charge in [0.15, 0.2) is 5.78 Å². The molecule has 0 spiro atoms. The molecule has 0 fully saturated rings. The quantitative estimate of drug-likeness (QED) is 0.854. The molecule has 1 aliphatic rings. The number of carbonyl (C=O) groups is 1. The van der Waals surface area contributed by atoms with E-state index in [0.717, 1.165) is 40.2 Å². The third-order valence-electron chi connectivity index (χ3n) is 3.74. The van der Waals surface area contributed by atoms with Gasteiger partial charge in [0.05, 0.1) is 19.8 Å². The van der Waals surface area contributed by atoms with Crippen LogP contribution in [0.25, 0.3) is 11.1 Å². The van der Waals surface area contributed by atoms with Gasteiger partial charge in [0.1, 0.15) is 11.5 Å². The number of Topliss-reactive ketones (excluding diaryl/α,β-unsaturated/α-hetero) is 1. The lowest BCUT2D eigenvalue weighted by molar-refractivity contribution is 0.0994. The van der Waals surface area contributed by atoms with Gasteiger partial charge in [0, 0.05) is 12.0 Å². The summed E-state index contributed by atoms with van der Waals surface area (Å²) in [5.41, 5.74) is 3.91. The van der Waals surface area contributed by atoms with Crippen molar-refractivity contribution in [3.05, 3.63) is 47.5 Å². The zero-order chi connectivity index (χ0) is 14.1. The van der Waals surface area contributed by atoms with Gasteiger partial charge in [0.25, 0.3) is 0 Å². The maximum atomic E-state index is 11.7. The molecule has 102 valence electrons. The van der Waals surface area contributed by atoms with Crippen LogP contribution in [0.3, 0.4) is 0 Å². The molecule has 2 aromatic carbocycles. The van der Waals surface area contributed by atoms with E-state index in [1.807, 2.05) is 30.3 Å². The Kier molecular flexibility index (Phi) is 3.18. The Balaban J connectivity index is 2.16. The van der Waals surface area contributed by atoms with E-state index in [1.54, 1.807) is 14.2 Å².